The normalized spacial score (nSPS) is 16.5. The fourth-order valence-electron chi connectivity index (χ4n) is 2.00. The Morgan fingerprint density at radius 2 is 2.00 bits per heavy atom. The number of hydrogen-bond acceptors (Lipinski definition) is 5. The van der Waals surface area contributed by atoms with Crippen LogP contribution in [0, 0.1) is 11.6 Å². The molecule has 1 aromatic carbocycles. The Morgan fingerprint density at radius 3 is 2.67 bits per heavy atom. The number of esters is 1. The second-order valence-electron chi connectivity index (χ2n) is 5.06. The smallest absolute Gasteiger partial charge is 0.335 e. The molecule has 2 rings (SSSR count). The number of carbonyl (C=O) groups excluding carboxylic acids is 3. The number of halogens is 2. The molecule has 1 atom stereocenters. The number of ether oxygens (including phenoxy) is 2. The minimum atomic E-state index is -1.10. The van der Waals surface area contributed by atoms with Crippen LogP contribution in [0.25, 0.3) is 0 Å². The molecule has 1 aliphatic rings. The van der Waals surface area contributed by atoms with Crippen molar-refractivity contribution in [1.29, 1.82) is 0 Å². The summed E-state index contributed by atoms with van der Waals surface area (Å²) in [4.78, 5) is 34.6. The average Bonchev–Trinajstić information content (AvgIpc) is 3.08. The molecule has 1 fully saturated rings. The predicted octanol–water partition coefficient (Wildman–Crippen LogP) is 0.742. The SMILES string of the molecule is O=C(COC(=O)[C@@H]1CCCO1)NCC(=O)Nc1ccc(F)c(F)c1. The Balaban J connectivity index is 1.68. The first-order valence-corrected chi connectivity index (χ1v) is 7.25. The molecule has 7 nitrogen and oxygen atoms in total. The van der Waals surface area contributed by atoms with E-state index in [0.29, 0.717) is 13.0 Å². The maximum atomic E-state index is 13.0. The molecule has 2 amide bonds. The summed E-state index contributed by atoms with van der Waals surface area (Å²) < 4.78 is 35.6. The van der Waals surface area contributed by atoms with E-state index in [1.165, 1.54) is 6.07 Å². The molecule has 9 heteroatoms. The van der Waals surface area contributed by atoms with E-state index in [2.05, 4.69) is 10.6 Å². The molecule has 1 aromatic rings. The first-order valence-electron chi connectivity index (χ1n) is 7.25. The van der Waals surface area contributed by atoms with Gasteiger partial charge in [-0.3, -0.25) is 9.59 Å². The molecule has 0 bridgehead atoms. The fraction of sp³-hybridized carbons (Fsp3) is 0.400. The van der Waals surface area contributed by atoms with Crippen LogP contribution in [0.3, 0.4) is 0 Å². The highest BCUT2D eigenvalue weighted by molar-refractivity contribution is 5.94. The van der Waals surface area contributed by atoms with Crippen molar-refractivity contribution in [3.8, 4) is 0 Å². The van der Waals surface area contributed by atoms with Crippen LogP contribution in [0.5, 0.6) is 0 Å². The molecule has 24 heavy (non-hydrogen) atoms. The van der Waals surface area contributed by atoms with Crippen molar-refractivity contribution in [2.75, 3.05) is 25.1 Å². The topological polar surface area (TPSA) is 93.7 Å². The van der Waals surface area contributed by atoms with E-state index in [4.69, 9.17) is 9.47 Å². The molecule has 0 radical (unpaired) electrons. The van der Waals surface area contributed by atoms with E-state index in [-0.39, 0.29) is 5.69 Å². The summed E-state index contributed by atoms with van der Waals surface area (Å²) in [5.74, 6) is -4.05. The lowest BCUT2D eigenvalue weighted by molar-refractivity contribution is -0.157. The standard InChI is InChI=1S/C15H16F2N2O5/c16-10-4-3-9(6-11(10)17)19-13(20)7-18-14(21)8-24-15(22)12-2-1-5-23-12/h3-4,6,12H,1-2,5,7-8H2,(H,18,21)(H,19,20)/t12-/m0/s1. The van der Waals surface area contributed by atoms with Crippen LogP contribution in [0.4, 0.5) is 14.5 Å². The zero-order valence-electron chi connectivity index (χ0n) is 12.6. The van der Waals surface area contributed by atoms with Crippen LogP contribution < -0.4 is 10.6 Å². The van der Waals surface area contributed by atoms with Crippen molar-refractivity contribution >= 4 is 23.5 Å². The zero-order valence-corrected chi connectivity index (χ0v) is 12.6. The summed E-state index contributed by atoms with van der Waals surface area (Å²) in [6, 6.07) is 2.87. The lowest BCUT2D eigenvalue weighted by Crippen LogP contribution is -2.36. The monoisotopic (exact) mass is 342 g/mol. The quantitative estimate of drug-likeness (QED) is 0.744. The molecule has 2 N–H and O–H groups in total. The van der Waals surface area contributed by atoms with Gasteiger partial charge in [-0.15, -0.1) is 0 Å². The van der Waals surface area contributed by atoms with Crippen molar-refractivity contribution in [1.82, 2.24) is 5.32 Å². The van der Waals surface area contributed by atoms with Gasteiger partial charge in [-0.2, -0.15) is 0 Å². The molecule has 1 heterocycles. The number of nitrogens with one attached hydrogen (secondary N) is 2. The molecule has 1 saturated heterocycles. The predicted molar refractivity (Wildman–Crippen MR) is 77.9 cm³/mol. The summed E-state index contributed by atoms with van der Waals surface area (Å²) in [7, 11) is 0. The van der Waals surface area contributed by atoms with Gasteiger partial charge in [0.05, 0.1) is 6.54 Å². The van der Waals surface area contributed by atoms with Crippen molar-refractivity contribution in [2.45, 2.75) is 18.9 Å². The van der Waals surface area contributed by atoms with Crippen molar-refractivity contribution < 1.29 is 32.6 Å². The molecular weight excluding hydrogens is 326 g/mol. The second kappa shape index (κ2) is 8.34. The first-order chi connectivity index (χ1) is 11.5. The summed E-state index contributed by atoms with van der Waals surface area (Å²) in [5, 5.41) is 4.52. The maximum Gasteiger partial charge on any atom is 0.335 e. The second-order valence-corrected chi connectivity index (χ2v) is 5.06. The highest BCUT2D eigenvalue weighted by atomic mass is 19.2. The van der Waals surface area contributed by atoms with Crippen LogP contribution in [-0.4, -0.2) is 43.6 Å². The van der Waals surface area contributed by atoms with Crippen LogP contribution in [0.2, 0.25) is 0 Å². The number of carbonyl (C=O) groups is 3. The van der Waals surface area contributed by atoms with Crippen LogP contribution in [-0.2, 0) is 23.9 Å². The van der Waals surface area contributed by atoms with Crippen LogP contribution in [0.15, 0.2) is 18.2 Å². The Hall–Kier alpha value is -2.55. The van der Waals surface area contributed by atoms with Crippen LogP contribution >= 0.6 is 0 Å². The molecule has 0 aliphatic carbocycles. The van der Waals surface area contributed by atoms with Gasteiger partial charge in [0.25, 0.3) is 5.91 Å². The van der Waals surface area contributed by atoms with E-state index in [9.17, 15) is 23.2 Å². The molecule has 0 unspecified atom stereocenters. The summed E-state index contributed by atoms with van der Waals surface area (Å²) >= 11 is 0. The number of amides is 2. The van der Waals surface area contributed by atoms with Crippen molar-refractivity contribution in [3.63, 3.8) is 0 Å². The third-order valence-electron chi connectivity index (χ3n) is 3.19. The van der Waals surface area contributed by atoms with Gasteiger partial charge >= 0.3 is 5.97 Å². The van der Waals surface area contributed by atoms with Crippen molar-refractivity contribution in [3.05, 3.63) is 29.8 Å². The number of rotatable bonds is 6. The number of benzene rings is 1. The maximum absolute atomic E-state index is 13.0. The van der Waals surface area contributed by atoms with Crippen LogP contribution in [0.1, 0.15) is 12.8 Å². The number of anilines is 1. The highest BCUT2D eigenvalue weighted by Crippen LogP contribution is 2.13. The van der Waals surface area contributed by atoms with E-state index in [1.807, 2.05) is 0 Å². The third-order valence-corrected chi connectivity index (χ3v) is 3.19. The van der Waals surface area contributed by atoms with Gasteiger partial charge in [0.15, 0.2) is 24.3 Å². The Morgan fingerprint density at radius 1 is 1.21 bits per heavy atom. The Kier molecular flexibility index (Phi) is 6.19. The van der Waals surface area contributed by atoms with E-state index >= 15 is 0 Å². The van der Waals surface area contributed by atoms with E-state index in [1.54, 1.807) is 0 Å². The molecule has 130 valence electrons. The Labute approximate surface area is 136 Å². The van der Waals surface area contributed by atoms with Gasteiger partial charge in [-0.25, -0.2) is 13.6 Å². The minimum Gasteiger partial charge on any atom is -0.454 e. The van der Waals surface area contributed by atoms with Gasteiger partial charge in [0.2, 0.25) is 5.91 Å². The van der Waals surface area contributed by atoms with Gasteiger partial charge in [-0.1, -0.05) is 0 Å². The van der Waals surface area contributed by atoms with Gasteiger partial charge in [0, 0.05) is 18.4 Å². The highest BCUT2D eigenvalue weighted by Gasteiger charge is 2.25. The van der Waals surface area contributed by atoms with E-state index in [0.717, 1.165) is 18.6 Å². The summed E-state index contributed by atoms with van der Waals surface area (Å²) in [6.07, 6.45) is 0.669. The lowest BCUT2D eigenvalue weighted by atomic mass is 10.2. The summed E-state index contributed by atoms with van der Waals surface area (Å²) in [5.41, 5.74) is 0.0537. The molecule has 1 aliphatic heterocycles. The van der Waals surface area contributed by atoms with Gasteiger partial charge in [-0.05, 0) is 25.0 Å². The molecule has 0 aromatic heterocycles. The molecular formula is C15H16F2N2O5. The van der Waals surface area contributed by atoms with Crippen molar-refractivity contribution in [2.24, 2.45) is 0 Å². The van der Waals surface area contributed by atoms with E-state index < -0.39 is 48.7 Å². The largest absolute Gasteiger partial charge is 0.454 e. The molecule has 0 saturated carbocycles. The number of hydrogen-bond donors (Lipinski definition) is 2. The minimum absolute atomic E-state index is 0.0537. The Bertz CT molecular complexity index is 632. The first kappa shape index (κ1) is 17.8. The average molecular weight is 342 g/mol. The third kappa shape index (κ3) is 5.27. The van der Waals surface area contributed by atoms with Gasteiger partial charge in [0.1, 0.15) is 0 Å². The zero-order chi connectivity index (χ0) is 17.5. The molecule has 0 spiro atoms. The lowest BCUT2D eigenvalue weighted by Gasteiger charge is -2.10. The fourth-order valence-corrected chi connectivity index (χ4v) is 2.00. The summed E-state index contributed by atoms with van der Waals surface area (Å²) in [6.45, 7) is -0.456. The van der Waals surface area contributed by atoms with Gasteiger partial charge < -0.3 is 20.1 Å².